The number of hydrogen-bond donors (Lipinski definition) is 1. The van der Waals surface area contributed by atoms with E-state index in [1.165, 1.54) is 5.56 Å². The number of aromatic nitrogens is 1. The third kappa shape index (κ3) is 2.77. The summed E-state index contributed by atoms with van der Waals surface area (Å²) >= 11 is 12.3. The van der Waals surface area contributed by atoms with Crippen molar-refractivity contribution in [3.63, 3.8) is 0 Å². The lowest BCUT2D eigenvalue weighted by molar-refractivity contribution is 1.16. The molecule has 0 bridgehead atoms. The summed E-state index contributed by atoms with van der Waals surface area (Å²) in [6.45, 7) is 4.80. The molecule has 0 fully saturated rings. The highest BCUT2D eigenvalue weighted by Gasteiger charge is 2.10. The predicted molar refractivity (Wildman–Crippen MR) is 78.6 cm³/mol. The van der Waals surface area contributed by atoms with E-state index < -0.39 is 0 Å². The van der Waals surface area contributed by atoms with Crippen LogP contribution in [0, 0.1) is 6.92 Å². The molecule has 0 aliphatic rings. The molecule has 18 heavy (non-hydrogen) atoms. The second kappa shape index (κ2) is 5.59. The van der Waals surface area contributed by atoms with E-state index in [-0.39, 0.29) is 0 Å². The van der Waals surface area contributed by atoms with Crippen LogP contribution in [0.3, 0.4) is 0 Å². The van der Waals surface area contributed by atoms with Crippen LogP contribution in [0.5, 0.6) is 0 Å². The van der Waals surface area contributed by atoms with Gasteiger partial charge >= 0.3 is 0 Å². The number of benzene rings is 1. The van der Waals surface area contributed by atoms with Gasteiger partial charge in [0.1, 0.15) is 5.82 Å². The van der Waals surface area contributed by atoms with Crippen LogP contribution in [-0.4, -0.2) is 11.5 Å². The van der Waals surface area contributed by atoms with Crippen LogP contribution in [0.25, 0.3) is 11.3 Å². The second-order valence-electron chi connectivity index (χ2n) is 4.05. The van der Waals surface area contributed by atoms with Crippen molar-refractivity contribution in [2.45, 2.75) is 13.8 Å². The highest BCUT2D eigenvalue weighted by Crippen LogP contribution is 2.32. The van der Waals surface area contributed by atoms with Crippen molar-refractivity contribution < 1.29 is 0 Å². The monoisotopic (exact) mass is 280 g/mol. The Labute approximate surface area is 117 Å². The van der Waals surface area contributed by atoms with Crippen LogP contribution in [0.15, 0.2) is 30.3 Å². The van der Waals surface area contributed by atoms with Crippen molar-refractivity contribution in [1.29, 1.82) is 0 Å². The van der Waals surface area contributed by atoms with E-state index in [1.807, 2.05) is 32.0 Å². The zero-order valence-electron chi connectivity index (χ0n) is 10.3. The molecule has 94 valence electrons. The minimum atomic E-state index is 0.540. The number of pyridine rings is 1. The molecular weight excluding hydrogens is 267 g/mol. The van der Waals surface area contributed by atoms with E-state index in [0.717, 1.165) is 17.8 Å². The smallest absolute Gasteiger partial charge is 0.145 e. The Bertz CT molecular complexity index is 568. The summed E-state index contributed by atoms with van der Waals surface area (Å²) in [4.78, 5) is 4.50. The average molecular weight is 281 g/mol. The lowest BCUT2D eigenvalue weighted by Crippen LogP contribution is -2.01. The number of hydrogen-bond acceptors (Lipinski definition) is 2. The standard InChI is InChI=1S/C14H14Cl2N2/c1-3-17-14-12(16)8-11(15)13(18-14)10-6-4-5-9(2)7-10/h4-8H,3H2,1-2H3,(H,17,18). The van der Waals surface area contributed by atoms with Gasteiger partial charge in [-0.3, -0.25) is 0 Å². The molecule has 2 nitrogen and oxygen atoms in total. The van der Waals surface area contributed by atoms with Gasteiger partial charge in [0.15, 0.2) is 0 Å². The molecule has 0 aliphatic carbocycles. The van der Waals surface area contributed by atoms with Gasteiger partial charge in [0.05, 0.1) is 15.7 Å². The molecule has 0 saturated heterocycles. The molecule has 1 aromatic carbocycles. The molecule has 0 saturated carbocycles. The lowest BCUT2D eigenvalue weighted by Gasteiger charge is -2.10. The Hall–Kier alpha value is -1.25. The van der Waals surface area contributed by atoms with Gasteiger partial charge in [0, 0.05) is 12.1 Å². The largest absolute Gasteiger partial charge is 0.369 e. The van der Waals surface area contributed by atoms with Gasteiger partial charge in [-0.2, -0.15) is 0 Å². The van der Waals surface area contributed by atoms with Gasteiger partial charge < -0.3 is 5.32 Å². The minimum Gasteiger partial charge on any atom is -0.369 e. The van der Waals surface area contributed by atoms with Crippen molar-refractivity contribution in [3.05, 3.63) is 45.9 Å². The van der Waals surface area contributed by atoms with Crippen molar-refractivity contribution in [2.75, 3.05) is 11.9 Å². The van der Waals surface area contributed by atoms with Gasteiger partial charge in [-0.1, -0.05) is 47.0 Å². The first kappa shape index (κ1) is 13.2. The molecule has 1 aromatic heterocycles. The van der Waals surface area contributed by atoms with Crippen LogP contribution >= 0.6 is 23.2 Å². The molecule has 0 amide bonds. The van der Waals surface area contributed by atoms with Crippen LogP contribution in [-0.2, 0) is 0 Å². The highest BCUT2D eigenvalue weighted by atomic mass is 35.5. The summed E-state index contributed by atoms with van der Waals surface area (Å²) in [5.74, 6) is 0.667. The van der Waals surface area contributed by atoms with Crippen molar-refractivity contribution >= 4 is 29.0 Å². The molecule has 0 atom stereocenters. The Morgan fingerprint density at radius 2 is 1.94 bits per heavy atom. The van der Waals surface area contributed by atoms with E-state index in [2.05, 4.69) is 16.4 Å². The number of nitrogens with one attached hydrogen (secondary N) is 1. The summed E-state index contributed by atoms with van der Waals surface area (Å²) in [7, 11) is 0. The van der Waals surface area contributed by atoms with Gasteiger partial charge in [-0.05, 0) is 26.0 Å². The Morgan fingerprint density at radius 1 is 1.17 bits per heavy atom. The molecule has 0 aliphatic heterocycles. The number of anilines is 1. The Morgan fingerprint density at radius 3 is 2.61 bits per heavy atom. The van der Waals surface area contributed by atoms with E-state index in [1.54, 1.807) is 6.07 Å². The Balaban J connectivity index is 2.53. The first-order chi connectivity index (χ1) is 8.61. The SMILES string of the molecule is CCNc1nc(-c2cccc(C)c2)c(Cl)cc1Cl. The van der Waals surface area contributed by atoms with Crippen molar-refractivity contribution in [2.24, 2.45) is 0 Å². The van der Waals surface area contributed by atoms with Crippen LogP contribution < -0.4 is 5.32 Å². The molecule has 0 unspecified atom stereocenters. The molecule has 0 radical (unpaired) electrons. The van der Waals surface area contributed by atoms with Crippen molar-refractivity contribution in [3.8, 4) is 11.3 Å². The Kier molecular flexibility index (Phi) is 4.10. The summed E-state index contributed by atoms with van der Waals surface area (Å²) in [6.07, 6.45) is 0. The van der Waals surface area contributed by atoms with E-state index in [4.69, 9.17) is 23.2 Å². The zero-order valence-corrected chi connectivity index (χ0v) is 11.8. The minimum absolute atomic E-state index is 0.540. The van der Waals surface area contributed by atoms with Crippen molar-refractivity contribution in [1.82, 2.24) is 4.98 Å². The van der Waals surface area contributed by atoms with Crippen LogP contribution in [0.4, 0.5) is 5.82 Å². The maximum atomic E-state index is 6.21. The first-order valence-corrected chi connectivity index (χ1v) is 6.54. The molecule has 1 heterocycles. The molecular formula is C14H14Cl2N2. The summed E-state index contributed by atoms with van der Waals surface area (Å²) in [5, 5.41) is 4.23. The highest BCUT2D eigenvalue weighted by molar-refractivity contribution is 6.37. The molecule has 1 N–H and O–H groups in total. The fraction of sp³-hybridized carbons (Fsp3) is 0.214. The van der Waals surface area contributed by atoms with Gasteiger partial charge in [-0.25, -0.2) is 4.98 Å². The lowest BCUT2D eigenvalue weighted by atomic mass is 10.1. The quantitative estimate of drug-likeness (QED) is 0.874. The zero-order chi connectivity index (χ0) is 13.1. The molecule has 0 spiro atoms. The maximum Gasteiger partial charge on any atom is 0.145 e. The van der Waals surface area contributed by atoms with Gasteiger partial charge in [0.2, 0.25) is 0 Å². The molecule has 2 rings (SSSR count). The van der Waals surface area contributed by atoms with E-state index >= 15 is 0 Å². The average Bonchev–Trinajstić information content (AvgIpc) is 2.33. The summed E-state index contributed by atoms with van der Waals surface area (Å²) in [5.41, 5.74) is 2.92. The summed E-state index contributed by atoms with van der Waals surface area (Å²) < 4.78 is 0. The van der Waals surface area contributed by atoms with Gasteiger partial charge in [0.25, 0.3) is 0 Å². The third-order valence-electron chi connectivity index (χ3n) is 2.57. The second-order valence-corrected chi connectivity index (χ2v) is 4.86. The van der Waals surface area contributed by atoms with E-state index in [9.17, 15) is 0 Å². The number of halogens is 2. The predicted octanol–water partition coefficient (Wildman–Crippen LogP) is 4.80. The normalized spacial score (nSPS) is 10.4. The molecule has 4 heteroatoms. The molecule has 2 aromatic rings. The first-order valence-electron chi connectivity index (χ1n) is 5.78. The topological polar surface area (TPSA) is 24.9 Å². The van der Waals surface area contributed by atoms with Gasteiger partial charge in [-0.15, -0.1) is 0 Å². The maximum absolute atomic E-state index is 6.21. The number of rotatable bonds is 3. The fourth-order valence-corrected chi connectivity index (χ4v) is 2.29. The van der Waals surface area contributed by atoms with Crippen LogP contribution in [0.2, 0.25) is 10.0 Å². The number of aryl methyl sites for hydroxylation is 1. The number of nitrogens with zero attached hydrogens (tertiary/aromatic N) is 1. The fourth-order valence-electron chi connectivity index (χ4n) is 1.75. The third-order valence-corrected chi connectivity index (χ3v) is 3.14. The van der Waals surface area contributed by atoms with Crippen LogP contribution in [0.1, 0.15) is 12.5 Å². The van der Waals surface area contributed by atoms with E-state index in [0.29, 0.717) is 15.9 Å². The summed E-state index contributed by atoms with van der Waals surface area (Å²) in [6, 6.07) is 9.80.